The highest BCUT2D eigenvalue weighted by atomic mass is 15.0. The highest BCUT2D eigenvalue weighted by Gasteiger charge is 2.19. The molecule has 0 unspecified atom stereocenters. The average molecular weight is 471 g/mol. The first-order valence-electron chi connectivity index (χ1n) is 12.7. The molecule has 0 fully saturated rings. The van der Waals surface area contributed by atoms with E-state index in [0.29, 0.717) is 0 Å². The minimum Gasteiger partial charge on any atom is -0.292 e. The fraction of sp³-hybridized carbons (Fsp3) is 0. The first kappa shape index (κ1) is 20.3. The molecule has 0 amide bonds. The predicted octanol–water partition coefficient (Wildman–Crippen LogP) is 9.23. The maximum atomic E-state index is 5.03. The molecule has 2 nitrogen and oxygen atoms in total. The second-order valence-corrected chi connectivity index (χ2v) is 9.64. The lowest BCUT2D eigenvalue weighted by Crippen LogP contribution is -1.83. The summed E-state index contributed by atoms with van der Waals surface area (Å²) in [5, 5.41) is 5.05. The number of benzene rings is 5. The maximum Gasteiger partial charge on any atom is 0.138 e. The molecule has 0 spiro atoms. The molecule has 0 radical (unpaired) electrons. The van der Waals surface area contributed by atoms with E-state index >= 15 is 0 Å². The Labute approximate surface area is 214 Å². The summed E-state index contributed by atoms with van der Waals surface area (Å²) in [6, 6.07) is 47.8. The Hall–Kier alpha value is -4.95. The molecule has 172 valence electrons. The third-order valence-electron chi connectivity index (χ3n) is 7.56. The van der Waals surface area contributed by atoms with Crippen LogP contribution in [0.4, 0.5) is 0 Å². The monoisotopic (exact) mass is 470 g/mol. The van der Waals surface area contributed by atoms with Crippen LogP contribution >= 0.6 is 0 Å². The van der Waals surface area contributed by atoms with Crippen LogP contribution in [0, 0.1) is 0 Å². The molecule has 8 aromatic rings. The minimum atomic E-state index is 0.989. The van der Waals surface area contributed by atoms with E-state index in [1.807, 2.05) is 0 Å². The van der Waals surface area contributed by atoms with E-state index in [2.05, 4.69) is 138 Å². The van der Waals surface area contributed by atoms with Gasteiger partial charge < -0.3 is 0 Å². The summed E-state index contributed by atoms with van der Waals surface area (Å²) in [4.78, 5) is 5.03. The molecule has 0 aliphatic carbocycles. The number of fused-ring (bicyclic) bond motifs is 4. The molecule has 5 aromatic carbocycles. The summed E-state index contributed by atoms with van der Waals surface area (Å²) in [7, 11) is 0. The van der Waals surface area contributed by atoms with Crippen molar-refractivity contribution in [3.8, 4) is 33.5 Å². The largest absolute Gasteiger partial charge is 0.292 e. The van der Waals surface area contributed by atoms with Crippen molar-refractivity contribution in [1.29, 1.82) is 0 Å². The predicted molar refractivity (Wildman–Crippen MR) is 155 cm³/mol. The number of hydrogen-bond acceptors (Lipinski definition) is 1. The normalized spacial score (nSPS) is 11.8. The highest BCUT2D eigenvalue weighted by molar-refractivity contribution is 6.14. The van der Waals surface area contributed by atoms with E-state index in [9.17, 15) is 0 Å². The first-order valence-corrected chi connectivity index (χ1v) is 12.7. The van der Waals surface area contributed by atoms with E-state index in [1.54, 1.807) is 0 Å². The molecule has 37 heavy (non-hydrogen) atoms. The van der Waals surface area contributed by atoms with Gasteiger partial charge in [-0.15, -0.1) is 0 Å². The Balaban J connectivity index is 1.30. The van der Waals surface area contributed by atoms with Gasteiger partial charge in [0.05, 0.1) is 16.7 Å². The molecule has 0 saturated carbocycles. The van der Waals surface area contributed by atoms with Crippen LogP contribution in [0.5, 0.6) is 0 Å². The van der Waals surface area contributed by atoms with Gasteiger partial charge in [0, 0.05) is 16.3 Å². The lowest BCUT2D eigenvalue weighted by Gasteiger charge is -2.09. The Kier molecular flexibility index (Phi) is 4.26. The molecule has 0 N–H and O–H groups in total. The maximum absolute atomic E-state index is 5.03. The molecule has 0 aliphatic rings. The SMILES string of the molecule is c1ccc(-c2nc3cccc4c5ccc(-c6ccc(-c7cccc8ccccc78)cc6)cc5c2n34)cc1. The van der Waals surface area contributed by atoms with Crippen LogP contribution in [0.3, 0.4) is 0 Å². The molecular formula is C35H22N2. The van der Waals surface area contributed by atoms with E-state index in [0.717, 1.165) is 16.9 Å². The number of pyridine rings is 1. The Morgan fingerprint density at radius 2 is 1.19 bits per heavy atom. The van der Waals surface area contributed by atoms with Crippen LogP contribution in [0.1, 0.15) is 0 Å². The van der Waals surface area contributed by atoms with Crippen molar-refractivity contribution in [2.75, 3.05) is 0 Å². The zero-order chi connectivity index (χ0) is 24.3. The number of hydrogen-bond donors (Lipinski definition) is 0. The Bertz CT molecular complexity index is 2060. The quantitative estimate of drug-likeness (QED) is 0.251. The summed E-state index contributed by atoms with van der Waals surface area (Å²) in [5.41, 5.74) is 10.5. The number of imidazole rings is 1. The van der Waals surface area contributed by atoms with Crippen molar-refractivity contribution in [1.82, 2.24) is 9.38 Å². The van der Waals surface area contributed by atoms with Crippen molar-refractivity contribution in [2.45, 2.75) is 0 Å². The zero-order valence-electron chi connectivity index (χ0n) is 20.1. The van der Waals surface area contributed by atoms with Crippen LogP contribution in [-0.4, -0.2) is 9.38 Å². The van der Waals surface area contributed by atoms with E-state index < -0.39 is 0 Å². The standard InChI is InChI=1S/C35H22N2/c1-2-9-26(10-3-1)34-35-31-22-27(20-21-30(31)32-14-7-15-33(36-34)37(32)35)23-16-18-25(19-17-23)29-13-6-11-24-8-4-5-12-28(24)29/h1-22H. The summed E-state index contributed by atoms with van der Waals surface area (Å²) in [6.45, 7) is 0. The van der Waals surface area contributed by atoms with Gasteiger partial charge in [-0.1, -0.05) is 115 Å². The Morgan fingerprint density at radius 3 is 2.08 bits per heavy atom. The van der Waals surface area contributed by atoms with Gasteiger partial charge in [0.2, 0.25) is 0 Å². The van der Waals surface area contributed by atoms with Crippen molar-refractivity contribution in [3.63, 3.8) is 0 Å². The summed E-state index contributed by atoms with van der Waals surface area (Å²) >= 11 is 0. The van der Waals surface area contributed by atoms with Gasteiger partial charge in [-0.25, -0.2) is 4.98 Å². The molecule has 8 rings (SSSR count). The molecule has 3 heterocycles. The van der Waals surface area contributed by atoms with Crippen LogP contribution in [0.25, 0.3) is 71.7 Å². The summed E-state index contributed by atoms with van der Waals surface area (Å²) in [6.07, 6.45) is 0. The van der Waals surface area contributed by atoms with Gasteiger partial charge in [-0.05, 0) is 51.2 Å². The molecule has 0 atom stereocenters. The van der Waals surface area contributed by atoms with E-state index in [4.69, 9.17) is 4.98 Å². The second kappa shape index (κ2) is 7.78. The van der Waals surface area contributed by atoms with E-state index in [-0.39, 0.29) is 0 Å². The van der Waals surface area contributed by atoms with Gasteiger partial charge >= 0.3 is 0 Å². The van der Waals surface area contributed by atoms with Crippen LogP contribution < -0.4 is 0 Å². The zero-order valence-corrected chi connectivity index (χ0v) is 20.1. The van der Waals surface area contributed by atoms with Crippen LogP contribution in [0.15, 0.2) is 133 Å². The number of nitrogens with zero attached hydrogens (tertiary/aromatic N) is 2. The molecule has 3 aromatic heterocycles. The topological polar surface area (TPSA) is 17.3 Å². The first-order chi connectivity index (χ1) is 18.3. The number of rotatable bonds is 3. The van der Waals surface area contributed by atoms with Gasteiger partial charge in [0.1, 0.15) is 5.65 Å². The Morgan fingerprint density at radius 1 is 0.459 bits per heavy atom. The third-order valence-corrected chi connectivity index (χ3v) is 7.56. The van der Waals surface area contributed by atoms with Crippen LogP contribution in [0.2, 0.25) is 0 Å². The smallest absolute Gasteiger partial charge is 0.138 e. The molecular weight excluding hydrogens is 448 g/mol. The fourth-order valence-electron chi connectivity index (χ4n) is 5.81. The fourth-order valence-corrected chi connectivity index (χ4v) is 5.81. The lowest BCUT2D eigenvalue weighted by atomic mass is 9.95. The van der Waals surface area contributed by atoms with Gasteiger partial charge in [-0.2, -0.15) is 0 Å². The summed E-state index contributed by atoms with van der Waals surface area (Å²) in [5.74, 6) is 0. The van der Waals surface area contributed by atoms with Crippen molar-refractivity contribution >= 4 is 38.2 Å². The van der Waals surface area contributed by atoms with Crippen molar-refractivity contribution in [3.05, 3.63) is 133 Å². The van der Waals surface area contributed by atoms with Crippen LogP contribution in [-0.2, 0) is 0 Å². The lowest BCUT2D eigenvalue weighted by molar-refractivity contribution is 1.31. The van der Waals surface area contributed by atoms with Gasteiger partial charge in [-0.3, -0.25) is 4.40 Å². The van der Waals surface area contributed by atoms with Crippen molar-refractivity contribution in [2.24, 2.45) is 0 Å². The van der Waals surface area contributed by atoms with Gasteiger partial charge in [0.25, 0.3) is 0 Å². The molecule has 2 heteroatoms. The summed E-state index contributed by atoms with van der Waals surface area (Å²) < 4.78 is 2.31. The highest BCUT2D eigenvalue weighted by Crippen LogP contribution is 2.39. The third kappa shape index (κ3) is 3.03. The minimum absolute atomic E-state index is 0.989. The van der Waals surface area contributed by atoms with E-state index in [1.165, 1.54) is 54.8 Å². The molecule has 0 bridgehead atoms. The molecule has 0 saturated heterocycles. The second-order valence-electron chi connectivity index (χ2n) is 9.64. The van der Waals surface area contributed by atoms with Crippen molar-refractivity contribution < 1.29 is 0 Å². The number of aromatic nitrogens is 2. The average Bonchev–Trinajstić information content (AvgIpc) is 3.53. The van der Waals surface area contributed by atoms with Gasteiger partial charge in [0.15, 0.2) is 0 Å². The molecule has 0 aliphatic heterocycles.